The van der Waals surface area contributed by atoms with Gasteiger partial charge < -0.3 is 1.43 Å². The molecule has 0 aliphatic carbocycles. The molecule has 0 heterocycles. The maximum atomic E-state index is 7.46. The first-order chi connectivity index (χ1) is 3.35. The Hall–Kier alpha value is 0.825. The van der Waals surface area contributed by atoms with Gasteiger partial charge in [0.25, 0.3) is 0 Å². The molecule has 0 spiro atoms. The first kappa shape index (κ1) is 11.6. The molecule has 3 N–H and O–H groups in total. The molecular weight excluding hydrogens is 130 g/mol. The minimum Gasteiger partial charge on any atom is -1.00 e. The molecule has 0 saturated heterocycles. The molecule has 0 rings (SSSR count). The van der Waals surface area contributed by atoms with E-state index in [0.717, 1.165) is 0 Å². The fourth-order valence-corrected chi connectivity index (χ4v) is 0.0577. The van der Waals surface area contributed by atoms with E-state index in [4.69, 9.17) is 15.8 Å². The molecule has 0 saturated carbocycles. The molecule has 8 heteroatoms. The second-order valence-electron chi connectivity index (χ2n) is 0.605. The molecular formula is H4BNaO6. The van der Waals surface area contributed by atoms with Crippen LogP contribution in [0.15, 0.2) is 0 Å². The molecule has 6 nitrogen and oxygen atoms in total. The van der Waals surface area contributed by atoms with Gasteiger partial charge in [-0.15, -0.1) is 0 Å². The first-order valence-electron chi connectivity index (χ1n) is 1.25. The van der Waals surface area contributed by atoms with Crippen LogP contribution in [0.25, 0.3) is 0 Å². The van der Waals surface area contributed by atoms with Crippen LogP contribution >= 0.6 is 0 Å². The van der Waals surface area contributed by atoms with Gasteiger partial charge in [-0.25, -0.2) is 14.4 Å². The van der Waals surface area contributed by atoms with Crippen LogP contribution in [0.4, 0.5) is 0 Å². The summed E-state index contributed by atoms with van der Waals surface area (Å²) in [6.07, 6.45) is 0. The molecule has 8 heavy (non-hydrogen) atoms. The predicted octanol–water partition coefficient (Wildman–Crippen LogP) is -3.44. The Bertz CT molecular complexity index is 34.5. The Morgan fingerprint density at radius 2 is 1.25 bits per heavy atom. The summed E-state index contributed by atoms with van der Waals surface area (Å²) < 4.78 is 0. The van der Waals surface area contributed by atoms with E-state index in [1.165, 1.54) is 0 Å². The van der Waals surface area contributed by atoms with Crippen LogP contribution in [0.3, 0.4) is 0 Å². The van der Waals surface area contributed by atoms with Gasteiger partial charge in [-0.3, -0.25) is 15.8 Å². The third kappa shape index (κ3) is 4.97. The summed E-state index contributed by atoms with van der Waals surface area (Å²) in [6, 6.07) is 0. The van der Waals surface area contributed by atoms with Crippen molar-refractivity contribution in [1.82, 2.24) is 0 Å². The largest absolute Gasteiger partial charge is 1.00 e. The number of hydrogen-bond acceptors (Lipinski definition) is 6. The Kier molecular flexibility index (Phi) is 11.3. The zero-order chi connectivity index (χ0) is 5.70. The molecule has 0 aromatic heterocycles. The molecule has 0 amide bonds. The molecule has 0 atom stereocenters. The standard InChI is InChI=1S/BH3O6.Na.H/c2-5-1(6-3)7-4;;/h2-4H;;/q;+1;-1. The first-order valence-corrected chi connectivity index (χ1v) is 1.25. The molecule has 44 valence electrons. The quantitative estimate of drug-likeness (QED) is 0.211. The fraction of sp³-hybridized carbons (Fsp3) is 0. The van der Waals surface area contributed by atoms with Crippen molar-refractivity contribution in [3.05, 3.63) is 0 Å². The van der Waals surface area contributed by atoms with E-state index >= 15 is 0 Å². The van der Waals surface area contributed by atoms with E-state index in [1.54, 1.807) is 0 Å². The summed E-state index contributed by atoms with van der Waals surface area (Å²) in [6.45, 7) is 0. The van der Waals surface area contributed by atoms with Gasteiger partial charge >= 0.3 is 36.9 Å². The van der Waals surface area contributed by atoms with Gasteiger partial charge in [-0.2, -0.15) is 0 Å². The Morgan fingerprint density at radius 1 is 1.00 bits per heavy atom. The second-order valence-corrected chi connectivity index (χ2v) is 0.605. The Balaban J connectivity index is -0.000000180. The van der Waals surface area contributed by atoms with Crippen molar-refractivity contribution in [3.63, 3.8) is 0 Å². The second kappa shape index (κ2) is 7.82. The van der Waals surface area contributed by atoms with Crippen LogP contribution in [0, 0.1) is 0 Å². The van der Waals surface area contributed by atoms with Gasteiger partial charge in [-0.05, 0) is 0 Å². The minimum absolute atomic E-state index is 0. The van der Waals surface area contributed by atoms with Gasteiger partial charge in [0, 0.05) is 0 Å². The predicted molar refractivity (Wildman–Crippen MR) is 18.0 cm³/mol. The van der Waals surface area contributed by atoms with Crippen molar-refractivity contribution in [2.75, 3.05) is 0 Å². The summed E-state index contributed by atoms with van der Waals surface area (Å²) in [5.74, 6) is 0. The van der Waals surface area contributed by atoms with Gasteiger partial charge in [0.15, 0.2) is 0 Å². The summed E-state index contributed by atoms with van der Waals surface area (Å²) in [5, 5.41) is 22.4. The smallest absolute Gasteiger partial charge is 1.00 e. The zero-order valence-electron chi connectivity index (χ0n) is 5.14. The van der Waals surface area contributed by atoms with Crippen LogP contribution in [-0.2, 0) is 14.4 Å². The van der Waals surface area contributed by atoms with E-state index in [1.807, 2.05) is 0 Å². The summed E-state index contributed by atoms with van der Waals surface area (Å²) in [7, 11) is -1.85. The zero-order valence-corrected chi connectivity index (χ0v) is 6.14. The SMILES string of the molecule is OOB(OO)OO.[H-].[Na+]. The molecule has 0 bridgehead atoms. The topological polar surface area (TPSA) is 88.4 Å². The number of rotatable bonds is 3. The van der Waals surface area contributed by atoms with Crippen LogP contribution in [0.2, 0.25) is 0 Å². The molecule has 0 aliphatic rings. The minimum atomic E-state index is -1.85. The monoisotopic (exact) mass is 134 g/mol. The van der Waals surface area contributed by atoms with E-state index in [0.29, 0.717) is 0 Å². The van der Waals surface area contributed by atoms with Crippen LogP contribution in [-0.4, -0.2) is 23.1 Å². The van der Waals surface area contributed by atoms with Crippen molar-refractivity contribution in [2.45, 2.75) is 0 Å². The van der Waals surface area contributed by atoms with Crippen molar-refractivity contribution in [2.24, 2.45) is 0 Å². The van der Waals surface area contributed by atoms with Gasteiger partial charge in [0.05, 0.1) is 0 Å². The van der Waals surface area contributed by atoms with E-state index in [9.17, 15) is 0 Å². The van der Waals surface area contributed by atoms with Crippen molar-refractivity contribution in [1.29, 1.82) is 0 Å². The average Bonchev–Trinajstić information content (AvgIpc) is 1.72. The summed E-state index contributed by atoms with van der Waals surface area (Å²) >= 11 is 0. The van der Waals surface area contributed by atoms with Crippen molar-refractivity contribution >= 4 is 7.32 Å². The third-order valence-electron chi connectivity index (χ3n) is 0.258. The Morgan fingerprint density at radius 3 is 1.25 bits per heavy atom. The van der Waals surface area contributed by atoms with Crippen molar-refractivity contribution < 1.29 is 61.2 Å². The third-order valence-corrected chi connectivity index (χ3v) is 0.258. The molecule has 0 aliphatic heterocycles. The van der Waals surface area contributed by atoms with Gasteiger partial charge in [-0.1, -0.05) is 0 Å². The number of hydrogen-bond donors (Lipinski definition) is 3. The van der Waals surface area contributed by atoms with E-state index < -0.39 is 7.32 Å². The normalized spacial score (nSPS) is 7.88. The van der Waals surface area contributed by atoms with E-state index in [-0.39, 0.29) is 31.0 Å². The maximum absolute atomic E-state index is 7.46. The van der Waals surface area contributed by atoms with E-state index in [2.05, 4.69) is 14.4 Å². The summed E-state index contributed by atoms with van der Waals surface area (Å²) in [4.78, 5) is 9.31. The van der Waals surface area contributed by atoms with Crippen LogP contribution in [0.5, 0.6) is 0 Å². The van der Waals surface area contributed by atoms with Crippen LogP contribution < -0.4 is 29.6 Å². The molecule has 0 aromatic rings. The summed E-state index contributed by atoms with van der Waals surface area (Å²) in [5.41, 5.74) is 0. The fourth-order valence-electron chi connectivity index (χ4n) is 0.0577. The maximum Gasteiger partial charge on any atom is 1.00 e. The molecule has 0 radical (unpaired) electrons. The van der Waals surface area contributed by atoms with Crippen molar-refractivity contribution in [3.8, 4) is 0 Å². The molecule has 0 aromatic carbocycles. The molecule has 0 fully saturated rings. The molecule has 0 unspecified atom stereocenters. The average molecular weight is 134 g/mol. The van der Waals surface area contributed by atoms with Crippen LogP contribution in [0.1, 0.15) is 1.43 Å². The van der Waals surface area contributed by atoms with Gasteiger partial charge in [0.1, 0.15) is 0 Å². The Labute approximate surface area is 68.7 Å². The van der Waals surface area contributed by atoms with Gasteiger partial charge in [0.2, 0.25) is 0 Å².